The number of imidazole rings is 1. The molecule has 0 aliphatic rings. The molecule has 2 heterocycles. The molecule has 3 aromatic rings. The Morgan fingerprint density at radius 2 is 2.14 bits per heavy atom. The van der Waals surface area contributed by atoms with E-state index >= 15 is 0 Å². The molecule has 0 saturated carbocycles. The molecule has 0 spiro atoms. The lowest BCUT2D eigenvalue weighted by Crippen LogP contribution is -2.04. The van der Waals surface area contributed by atoms with Crippen LogP contribution in [0.25, 0.3) is 16.8 Å². The van der Waals surface area contributed by atoms with Crippen molar-refractivity contribution < 1.29 is 9.53 Å². The molecule has 2 aromatic heterocycles. The number of esters is 1. The van der Waals surface area contributed by atoms with Crippen LogP contribution in [0, 0.1) is 6.92 Å². The van der Waals surface area contributed by atoms with E-state index in [1.165, 1.54) is 7.11 Å². The van der Waals surface area contributed by atoms with E-state index in [2.05, 4.69) is 4.98 Å². The van der Waals surface area contributed by atoms with Crippen molar-refractivity contribution in [1.29, 1.82) is 0 Å². The molecule has 0 aliphatic carbocycles. The van der Waals surface area contributed by atoms with Crippen LogP contribution in [-0.2, 0) is 4.74 Å². The molecular weight excluding hydrogens is 288 g/mol. The standard InChI is InChI=1S/C16H13ClN2O2/c1-10-8-18-15-14(11-4-3-5-13(17)6-11)7-12(9-19(10)15)16(20)21-2/h3-9H,1-2H3. The van der Waals surface area contributed by atoms with Gasteiger partial charge in [-0.15, -0.1) is 0 Å². The fraction of sp³-hybridized carbons (Fsp3) is 0.125. The second-order valence-corrected chi connectivity index (χ2v) is 5.17. The van der Waals surface area contributed by atoms with E-state index in [1.807, 2.05) is 35.6 Å². The van der Waals surface area contributed by atoms with Gasteiger partial charge in [-0.25, -0.2) is 9.78 Å². The van der Waals surface area contributed by atoms with Crippen LogP contribution in [0.1, 0.15) is 16.1 Å². The van der Waals surface area contributed by atoms with Gasteiger partial charge in [-0.1, -0.05) is 23.7 Å². The van der Waals surface area contributed by atoms with E-state index in [1.54, 1.807) is 18.5 Å². The van der Waals surface area contributed by atoms with Crippen LogP contribution in [0.3, 0.4) is 0 Å². The van der Waals surface area contributed by atoms with Gasteiger partial charge in [-0.2, -0.15) is 0 Å². The fourth-order valence-electron chi connectivity index (χ4n) is 2.30. The van der Waals surface area contributed by atoms with E-state index < -0.39 is 0 Å². The maximum absolute atomic E-state index is 11.9. The first-order chi connectivity index (χ1) is 10.1. The van der Waals surface area contributed by atoms with E-state index in [4.69, 9.17) is 16.3 Å². The van der Waals surface area contributed by atoms with Crippen LogP contribution in [-0.4, -0.2) is 22.5 Å². The molecule has 0 saturated heterocycles. The molecule has 0 radical (unpaired) electrons. The van der Waals surface area contributed by atoms with Gasteiger partial charge >= 0.3 is 5.97 Å². The summed E-state index contributed by atoms with van der Waals surface area (Å²) in [5.74, 6) is -0.381. The lowest BCUT2D eigenvalue weighted by molar-refractivity contribution is 0.0600. The first kappa shape index (κ1) is 13.6. The highest BCUT2D eigenvalue weighted by atomic mass is 35.5. The number of aromatic nitrogens is 2. The zero-order chi connectivity index (χ0) is 15.0. The Labute approximate surface area is 126 Å². The van der Waals surface area contributed by atoms with E-state index in [0.29, 0.717) is 10.6 Å². The number of fused-ring (bicyclic) bond motifs is 1. The molecular formula is C16H13ClN2O2. The molecule has 0 N–H and O–H groups in total. The number of hydrogen-bond donors (Lipinski definition) is 0. The molecule has 0 unspecified atom stereocenters. The Balaban J connectivity index is 2.32. The first-order valence-electron chi connectivity index (χ1n) is 6.42. The normalized spacial score (nSPS) is 10.8. The van der Waals surface area contributed by atoms with Crippen molar-refractivity contribution >= 4 is 23.2 Å². The number of aryl methyl sites for hydroxylation is 1. The van der Waals surface area contributed by atoms with Gasteiger partial charge < -0.3 is 9.14 Å². The van der Waals surface area contributed by atoms with Gasteiger partial charge in [0.15, 0.2) is 0 Å². The van der Waals surface area contributed by atoms with Crippen molar-refractivity contribution in [2.24, 2.45) is 0 Å². The monoisotopic (exact) mass is 300 g/mol. The topological polar surface area (TPSA) is 43.6 Å². The van der Waals surface area contributed by atoms with Gasteiger partial charge in [0.2, 0.25) is 0 Å². The Morgan fingerprint density at radius 1 is 1.33 bits per heavy atom. The average Bonchev–Trinajstić information content (AvgIpc) is 2.87. The molecule has 0 bridgehead atoms. The predicted molar refractivity (Wildman–Crippen MR) is 81.7 cm³/mol. The number of nitrogens with zero attached hydrogens (tertiary/aromatic N) is 2. The maximum atomic E-state index is 11.9. The summed E-state index contributed by atoms with van der Waals surface area (Å²) in [4.78, 5) is 16.3. The number of ether oxygens (including phenoxy) is 1. The maximum Gasteiger partial charge on any atom is 0.339 e. The molecule has 0 atom stereocenters. The van der Waals surface area contributed by atoms with E-state index in [-0.39, 0.29) is 5.97 Å². The van der Waals surface area contributed by atoms with Crippen LogP contribution in [0.2, 0.25) is 5.02 Å². The molecule has 3 rings (SSSR count). The molecule has 5 heteroatoms. The summed E-state index contributed by atoms with van der Waals surface area (Å²) in [6, 6.07) is 9.24. The van der Waals surface area contributed by atoms with Crippen molar-refractivity contribution in [1.82, 2.24) is 9.38 Å². The van der Waals surface area contributed by atoms with Gasteiger partial charge in [0.25, 0.3) is 0 Å². The number of rotatable bonds is 2. The second-order valence-electron chi connectivity index (χ2n) is 4.74. The largest absolute Gasteiger partial charge is 0.465 e. The fourth-order valence-corrected chi connectivity index (χ4v) is 2.49. The lowest BCUT2D eigenvalue weighted by atomic mass is 10.1. The SMILES string of the molecule is COC(=O)c1cc(-c2cccc(Cl)c2)c2ncc(C)n2c1. The molecule has 1 aromatic carbocycles. The molecule has 0 aliphatic heterocycles. The third-order valence-electron chi connectivity index (χ3n) is 3.35. The number of hydrogen-bond acceptors (Lipinski definition) is 3. The Kier molecular flexibility index (Phi) is 3.39. The van der Waals surface area contributed by atoms with Crippen LogP contribution in [0.5, 0.6) is 0 Å². The third-order valence-corrected chi connectivity index (χ3v) is 3.58. The average molecular weight is 301 g/mol. The van der Waals surface area contributed by atoms with Gasteiger partial charge in [0.1, 0.15) is 5.65 Å². The molecule has 106 valence electrons. The number of benzene rings is 1. The summed E-state index contributed by atoms with van der Waals surface area (Å²) in [6.07, 6.45) is 3.50. The number of carbonyl (C=O) groups excluding carboxylic acids is 1. The zero-order valence-corrected chi connectivity index (χ0v) is 12.4. The second kappa shape index (κ2) is 5.22. The van der Waals surface area contributed by atoms with Crippen molar-refractivity contribution in [2.45, 2.75) is 6.92 Å². The van der Waals surface area contributed by atoms with Crippen LogP contribution in [0.4, 0.5) is 0 Å². The summed E-state index contributed by atoms with van der Waals surface area (Å²) < 4.78 is 6.69. The molecule has 0 amide bonds. The quantitative estimate of drug-likeness (QED) is 0.677. The number of carbonyl (C=O) groups is 1. The highest BCUT2D eigenvalue weighted by molar-refractivity contribution is 6.30. The molecule has 4 nitrogen and oxygen atoms in total. The summed E-state index contributed by atoms with van der Waals surface area (Å²) in [5.41, 5.74) is 3.94. The smallest absolute Gasteiger partial charge is 0.339 e. The number of halogens is 1. The third kappa shape index (κ3) is 2.38. The van der Waals surface area contributed by atoms with Crippen molar-refractivity contribution in [2.75, 3.05) is 7.11 Å². The number of methoxy groups -OCH3 is 1. The van der Waals surface area contributed by atoms with Crippen molar-refractivity contribution in [3.63, 3.8) is 0 Å². The first-order valence-corrected chi connectivity index (χ1v) is 6.80. The minimum atomic E-state index is -0.381. The summed E-state index contributed by atoms with van der Waals surface area (Å²) in [6.45, 7) is 1.93. The van der Waals surface area contributed by atoms with Gasteiger partial charge in [0.05, 0.1) is 12.7 Å². The van der Waals surface area contributed by atoms with Crippen molar-refractivity contribution in [3.8, 4) is 11.1 Å². The summed E-state index contributed by atoms with van der Waals surface area (Å²) >= 11 is 6.06. The Bertz CT molecular complexity index is 839. The number of pyridine rings is 1. The van der Waals surface area contributed by atoms with Gasteiger partial charge in [-0.3, -0.25) is 0 Å². The minimum Gasteiger partial charge on any atom is -0.465 e. The van der Waals surface area contributed by atoms with Gasteiger partial charge in [0, 0.05) is 28.7 Å². The molecule has 21 heavy (non-hydrogen) atoms. The zero-order valence-electron chi connectivity index (χ0n) is 11.6. The van der Waals surface area contributed by atoms with Crippen LogP contribution < -0.4 is 0 Å². The van der Waals surface area contributed by atoms with Crippen molar-refractivity contribution in [3.05, 3.63) is 59.0 Å². The molecule has 0 fully saturated rings. The van der Waals surface area contributed by atoms with Crippen LogP contribution >= 0.6 is 11.6 Å². The van der Waals surface area contributed by atoms with E-state index in [0.717, 1.165) is 22.5 Å². The van der Waals surface area contributed by atoms with Gasteiger partial charge in [-0.05, 0) is 30.7 Å². The minimum absolute atomic E-state index is 0.381. The highest BCUT2D eigenvalue weighted by Crippen LogP contribution is 2.28. The van der Waals surface area contributed by atoms with Crippen LogP contribution in [0.15, 0.2) is 42.7 Å². The summed E-state index contributed by atoms with van der Waals surface area (Å²) in [5, 5.41) is 0.636. The summed E-state index contributed by atoms with van der Waals surface area (Å²) in [7, 11) is 1.37. The highest BCUT2D eigenvalue weighted by Gasteiger charge is 2.14. The predicted octanol–water partition coefficient (Wildman–Crippen LogP) is 3.75. The Morgan fingerprint density at radius 3 is 2.86 bits per heavy atom. The Hall–Kier alpha value is -2.33. The van der Waals surface area contributed by atoms with E-state index in [9.17, 15) is 4.79 Å². The lowest BCUT2D eigenvalue weighted by Gasteiger charge is -2.08.